The SMILES string of the molecule is O=C(O)c1nc2ncccn2n1. The van der Waals surface area contributed by atoms with Crippen LogP contribution in [0.5, 0.6) is 0 Å². The lowest BCUT2D eigenvalue weighted by molar-refractivity contribution is 0.0684. The Kier molecular flexibility index (Phi) is 1.26. The van der Waals surface area contributed by atoms with Gasteiger partial charge in [-0.25, -0.2) is 14.3 Å². The molecule has 0 saturated carbocycles. The maximum Gasteiger partial charge on any atom is 0.375 e. The number of hydrogen-bond acceptors (Lipinski definition) is 4. The summed E-state index contributed by atoms with van der Waals surface area (Å²) < 4.78 is 1.31. The molecule has 0 radical (unpaired) electrons. The summed E-state index contributed by atoms with van der Waals surface area (Å²) in [4.78, 5) is 17.9. The lowest BCUT2D eigenvalue weighted by atomic mass is 10.6. The Morgan fingerprint density at radius 1 is 1.58 bits per heavy atom. The maximum atomic E-state index is 10.4. The number of rotatable bonds is 1. The van der Waals surface area contributed by atoms with Gasteiger partial charge in [0.15, 0.2) is 0 Å². The minimum absolute atomic E-state index is 0.242. The standard InChI is InChI=1S/C6H4N4O2/c11-5(12)4-8-6-7-2-1-3-10(6)9-4/h1-3H,(H,11,12). The third kappa shape index (κ3) is 0.895. The minimum Gasteiger partial charge on any atom is -0.475 e. The van der Waals surface area contributed by atoms with Gasteiger partial charge in [0.2, 0.25) is 0 Å². The maximum absolute atomic E-state index is 10.4. The second kappa shape index (κ2) is 2.26. The first-order valence-electron chi connectivity index (χ1n) is 3.18. The summed E-state index contributed by atoms with van der Waals surface area (Å²) in [6, 6.07) is 1.65. The zero-order valence-electron chi connectivity index (χ0n) is 5.88. The monoisotopic (exact) mass is 164 g/mol. The first kappa shape index (κ1) is 6.71. The van der Waals surface area contributed by atoms with Crippen LogP contribution < -0.4 is 0 Å². The summed E-state index contributed by atoms with van der Waals surface area (Å²) in [5.41, 5.74) is 0. The molecular weight excluding hydrogens is 160 g/mol. The molecule has 0 aliphatic rings. The molecule has 6 nitrogen and oxygen atoms in total. The summed E-state index contributed by atoms with van der Waals surface area (Å²) in [5, 5.41) is 12.2. The molecule has 2 aromatic rings. The van der Waals surface area contributed by atoms with Crippen LogP contribution in [0.1, 0.15) is 10.6 Å². The van der Waals surface area contributed by atoms with E-state index < -0.39 is 5.97 Å². The number of nitrogens with zero attached hydrogens (tertiary/aromatic N) is 4. The highest BCUT2D eigenvalue weighted by atomic mass is 16.4. The fraction of sp³-hybridized carbons (Fsp3) is 0. The van der Waals surface area contributed by atoms with Crippen LogP contribution in [0.25, 0.3) is 5.78 Å². The van der Waals surface area contributed by atoms with Crippen molar-refractivity contribution in [3.05, 3.63) is 24.3 Å². The molecule has 0 aliphatic carbocycles. The third-order valence-corrected chi connectivity index (χ3v) is 1.31. The molecule has 12 heavy (non-hydrogen) atoms. The van der Waals surface area contributed by atoms with Gasteiger partial charge in [-0.05, 0) is 6.07 Å². The van der Waals surface area contributed by atoms with Crippen LogP contribution in [0, 0.1) is 0 Å². The van der Waals surface area contributed by atoms with Crippen molar-refractivity contribution in [2.75, 3.05) is 0 Å². The van der Waals surface area contributed by atoms with Crippen molar-refractivity contribution in [1.29, 1.82) is 0 Å². The second-order valence-electron chi connectivity index (χ2n) is 2.10. The topological polar surface area (TPSA) is 80.4 Å². The van der Waals surface area contributed by atoms with Crippen LogP contribution in [0.2, 0.25) is 0 Å². The summed E-state index contributed by atoms with van der Waals surface area (Å²) >= 11 is 0. The molecule has 6 heteroatoms. The van der Waals surface area contributed by atoms with E-state index in [1.54, 1.807) is 12.3 Å². The Hall–Kier alpha value is -1.98. The summed E-state index contributed by atoms with van der Waals surface area (Å²) in [6.07, 6.45) is 3.11. The molecule has 0 amide bonds. The van der Waals surface area contributed by atoms with Crippen molar-refractivity contribution >= 4 is 11.7 Å². The average Bonchev–Trinajstić information content (AvgIpc) is 2.46. The highest BCUT2D eigenvalue weighted by Crippen LogP contribution is 1.95. The van der Waals surface area contributed by atoms with E-state index in [-0.39, 0.29) is 11.6 Å². The number of carboxylic acids is 1. The van der Waals surface area contributed by atoms with Crippen molar-refractivity contribution in [2.45, 2.75) is 0 Å². The second-order valence-corrected chi connectivity index (χ2v) is 2.10. The average molecular weight is 164 g/mol. The van der Waals surface area contributed by atoms with Gasteiger partial charge in [0, 0.05) is 12.4 Å². The van der Waals surface area contributed by atoms with Crippen LogP contribution in [-0.2, 0) is 0 Å². The van der Waals surface area contributed by atoms with Crippen molar-refractivity contribution < 1.29 is 9.90 Å². The van der Waals surface area contributed by atoms with Gasteiger partial charge in [-0.2, -0.15) is 4.98 Å². The van der Waals surface area contributed by atoms with E-state index in [0.29, 0.717) is 0 Å². The molecule has 1 N–H and O–H groups in total. The van der Waals surface area contributed by atoms with E-state index in [4.69, 9.17) is 5.11 Å². The predicted molar refractivity (Wildman–Crippen MR) is 37.7 cm³/mol. The number of fused-ring (bicyclic) bond motifs is 1. The summed E-state index contributed by atoms with van der Waals surface area (Å²) in [6.45, 7) is 0. The molecule has 0 bridgehead atoms. The molecule has 0 atom stereocenters. The van der Waals surface area contributed by atoms with E-state index >= 15 is 0 Å². The van der Waals surface area contributed by atoms with Crippen LogP contribution in [-0.4, -0.2) is 30.7 Å². The third-order valence-electron chi connectivity index (χ3n) is 1.31. The molecule has 0 unspecified atom stereocenters. The lowest BCUT2D eigenvalue weighted by Crippen LogP contribution is -1.98. The smallest absolute Gasteiger partial charge is 0.375 e. The lowest BCUT2D eigenvalue weighted by Gasteiger charge is -1.83. The number of carboxylic acid groups (broad SMARTS) is 1. The molecule has 0 aliphatic heterocycles. The molecule has 0 saturated heterocycles. The number of aromatic nitrogens is 4. The Morgan fingerprint density at radius 2 is 2.42 bits per heavy atom. The van der Waals surface area contributed by atoms with E-state index in [0.717, 1.165) is 0 Å². The zero-order chi connectivity index (χ0) is 8.55. The van der Waals surface area contributed by atoms with Gasteiger partial charge in [-0.3, -0.25) is 0 Å². The molecule has 2 aromatic heterocycles. The molecular formula is C6H4N4O2. The Morgan fingerprint density at radius 3 is 3.08 bits per heavy atom. The molecule has 0 spiro atoms. The summed E-state index contributed by atoms with van der Waals surface area (Å²) in [5.74, 6) is -1.11. The first-order chi connectivity index (χ1) is 5.77. The van der Waals surface area contributed by atoms with Crippen molar-refractivity contribution in [1.82, 2.24) is 19.6 Å². The quantitative estimate of drug-likeness (QED) is 0.632. The van der Waals surface area contributed by atoms with Crippen molar-refractivity contribution in [2.24, 2.45) is 0 Å². The largest absolute Gasteiger partial charge is 0.475 e. The predicted octanol–water partition coefficient (Wildman–Crippen LogP) is -0.177. The van der Waals surface area contributed by atoms with E-state index in [9.17, 15) is 4.79 Å². The Bertz CT molecular complexity index is 403. The number of aromatic carboxylic acids is 1. The highest BCUT2D eigenvalue weighted by molar-refractivity contribution is 5.83. The molecule has 0 fully saturated rings. The van der Waals surface area contributed by atoms with Gasteiger partial charge in [0.05, 0.1) is 0 Å². The molecule has 2 heterocycles. The Labute approximate surface area is 66.5 Å². The number of carbonyl (C=O) groups is 1. The van der Waals surface area contributed by atoms with Crippen LogP contribution >= 0.6 is 0 Å². The van der Waals surface area contributed by atoms with Gasteiger partial charge < -0.3 is 5.11 Å². The van der Waals surface area contributed by atoms with Crippen molar-refractivity contribution in [3.63, 3.8) is 0 Å². The fourth-order valence-corrected chi connectivity index (χ4v) is 0.823. The van der Waals surface area contributed by atoms with Crippen LogP contribution in [0.4, 0.5) is 0 Å². The van der Waals surface area contributed by atoms with Gasteiger partial charge in [-0.1, -0.05) is 0 Å². The van der Waals surface area contributed by atoms with Crippen LogP contribution in [0.3, 0.4) is 0 Å². The number of hydrogen-bond donors (Lipinski definition) is 1. The highest BCUT2D eigenvalue weighted by Gasteiger charge is 2.09. The van der Waals surface area contributed by atoms with Gasteiger partial charge >= 0.3 is 5.97 Å². The van der Waals surface area contributed by atoms with E-state index in [2.05, 4.69) is 15.1 Å². The van der Waals surface area contributed by atoms with Gasteiger partial charge in [0.1, 0.15) is 0 Å². The zero-order valence-corrected chi connectivity index (χ0v) is 5.88. The first-order valence-corrected chi connectivity index (χ1v) is 3.18. The molecule has 0 aromatic carbocycles. The van der Waals surface area contributed by atoms with Gasteiger partial charge in [0.25, 0.3) is 11.6 Å². The Balaban J connectivity index is 2.70. The van der Waals surface area contributed by atoms with E-state index in [1.165, 1.54) is 10.7 Å². The molecule has 2 rings (SSSR count). The fourth-order valence-electron chi connectivity index (χ4n) is 0.823. The van der Waals surface area contributed by atoms with E-state index in [1.807, 2.05) is 0 Å². The molecule has 60 valence electrons. The summed E-state index contributed by atoms with van der Waals surface area (Å²) in [7, 11) is 0. The normalized spacial score (nSPS) is 10.3. The van der Waals surface area contributed by atoms with Gasteiger partial charge in [-0.15, -0.1) is 5.10 Å². The van der Waals surface area contributed by atoms with Crippen LogP contribution in [0.15, 0.2) is 18.5 Å². The minimum atomic E-state index is -1.15. The van der Waals surface area contributed by atoms with Crippen molar-refractivity contribution in [3.8, 4) is 0 Å².